The van der Waals surface area contributed by atoms with E-state index >= 15 is 0 Å². The number of halogens is 5. The number of aryl methyl sites for hydroxylation is 1. The van der Waals surface area contributed by atoms with Crippen molar-refractivity contribution in [1.82, 2.24) is 44.9 Å². The third-order valence-corrected chi connectivity index (χ3v) is 10.1. The number of imidazole rings is 1. The van der Waals surface area contributed by atoms with Crippen LogP contribution in [-0.2, 0) is 29.7 Å². The van der Waals surface area contributed by atoms with Gasteiger partial charge in [-0.05, 0) is 51.0 Å². The number of nitrogens with zero attached hydrogens (tertiary/aromatic N) is 7. The van der Waals surface area contributed by atoms with Crippen LogP contribution in [0.3, 0.4) is 0 Å². The van der Waals surface area contributed by atoms with E-state index in [0.29, 0.717) is 36.1 Å². The molecule has 11 nitrogen and oxygen atoms in total. The van der Waals surface area contributed by atoms with E-state index in [1.165, 1.54) is 9.42 Å². The molecule has 2 N–H and O–H groups in total. The number of hydrogen-bond acceptors (Lipinski definition) is 7. The molecule has 0 aromatic carbocycles. The zero-order chi connectivity index (χ0) is 33.6. The molecule has 3 aromatic rings. The van der Waals surface area contributed by atoms with Gasteiger partial charge in [0.2, 0.25) is 5.91 Å². The summed E-state index contributed by atoms with van der Waals surface area (Å²) < 4.78 is 72.0. The first-order chi connectivity index (χ1) is 22.2. The molecule has 3 fully saturated rings. The Morgan fingerprint density at radius 1 is 1.15 bits per heavy atom. The topological polar surface area (TPSA) is 122 Å². The number of amides is 2. The number of hydrogen-bond donors (Lipinski definition) is 2. The molecular weight excluding hydrogens is 625 g/mol. The van der Waals surface area contributed by atoms with Gasteiger partial charge >= 0.3 is 6.18 Å². The normalized spacial score (nSPS) is 26.9. The molecule has 5 heterocycles. The highest BCUT2D eigenvalue weighted by molar-refractivity contribution is 5.92. The molecule has 3 aliphatic rings. The highest BCUT2D eigenvalue weighted by atomic mass is 19.4. The molecule has 0 radical (unpaired) electrons. The lowest BCUT2D eigenvalue weighted by Gasteiger charge is -2.38. The van der Waals surface area contributed by atoms with Crippen molar-refractivity contribution in [3.8, 4) is 0 Å². The van der Waals surface area contributed by atoms with Gasteiger partial charge in [-0.2, -0.15) is 23.4 Å². The highest BCUT2D eigenvalue weighted by Crippen LogP contribution is 2.41. The standard InChI is InChI=1S/C31H40F5N9O2/c1-3-44-24(6-10-39-44)27(47)38-17-29(7-4-19(2)5-8-29)25-16-45-28(41-25)40-23(15-43-11-9-30(32,33)18-43)22(42-45)13-20-12-21(31(34,35)36)14-37-26(20)46/h6,10,16,19-21H,3-5,7-9,11-15,17-18H2,1-2H3,(H,37,46)(H,38,47)/t19?,20-,21-,29?/m1/s1. The Kier molecular flexibility index (Phi) is 9.00. The molecule has 6 rings (SSSR count). The summed E-state index contributed by atoms with van der Waals surface area (Å²) in [6.45, 7) is 4.09. The van der Waals surface area contributed by atoms with Crippen molar-refractivity contribution < 1.29 is 31.5 Å². The lowest BCUT2D eigenvalue weighted by atomic mass is 9.69. The Morgan fingerprint density at radius 3 is 2.60 bits per heavy atom. The smallest absolute Gasteiger partial charge is 0.355 e. The maximum atomic E-state index is 14.1. The molecule has 2 aliphatic heterocycles. The first kappa shape index (κ1) is 33.2. The van der Waals surface area contributed by atoms with Gasteiger partial charge < -0.3 is 10.6 Å². The van der Waals surface area contributed by atoms with Crippen LogP contribution >= 0.6 is 0 Å². The third kappa shape index (κ3) is 7.11. The van der Waals surface area contributed by atoms with Gasteiger partial charge in [0.1, 0.15) is 5.69 Å². The van der Waals surface area contributed by atoms with Crippen molar-refractivity contribution in [3.63, 3.8) is 0 Å². The van der Waals surface area contributed by atoms with Gasteiger partial charge in [0, 0.05) is 63.1 Å². The summed E-state index contributed by atoms with van der Waals surface area (Å²) >= 11 is 0. The van der Waals surface area contributed by atoms with Gasteiger partial charge in [0.05, 0.1) is 35.7 Å². The van der Waals surface area contributed by atoms with Crippen molar-refractivity contribution in [2.75, 3.05) is 26.2 Å². The highest BCUT2D eigenvalue weighted by Gasteiger charge is 2.45. The van der Waals surface area contributed by atoms with Crippen LogP contribution in [0.5, 0.6) is 0 Å². The van der Waals surface area contributed by atoms with Crippen molar-refractivity contribution in [1.29, 1.82) is 0 Å². The lowest BCUT2D eigenvalue weighted by Crippen LogP contribution is -2.47. The van der Waals surface area contributed by atoms with E-state index in [1.807, 2.05) is 6.92 Å². The number of rotatable bonds is 9. The minimum atomic E-state index is -4.47. The number of piperidine rings is 1. The summed E-state index contributed by atoms with van der Waals surface area (Å²) in [4.78, 5) is 37.0. The Balaban J connectivity index is 1.33. The summed E-state index contributed by atoms with van der Waals surface area (Å²) in [7, 11) is 0. The number of aromatic nitrogens is 6. The molecule has 1 aliphatic carbocycles. The Hall–Kier alpha value is -3.69. The average molecular weight is 666 g/mol. The molecular formula is C31H40F5N9O2. The Labute approximate surface area is 268 Å². The SMILES string of the molecule is CCn1nccc1C(=O)NCC1(c2cn3nc(C[C@H]4C[C@@H](C(F)(F)F)CNC4=O)c(CN4CCC(F)(F)C4)nc3n2)CCC(C)CC1. The number of nitrogens with one attached hydrogen (secondary N) is 2. The largest absolute Gasteiger partial charge is 0.393 e. The fraction of sp³-hybridized carbons (Fsp3) is 0.677. The molecule has 256 valence electrons. The van der Waals surface area contributed by atoms with Gasteiger partial charge in [0.25, 0.3) is 17.6 Å². The maximum absolute atomic E-state index is 14.1. The molecule has 0 spiro atoms. The number of alkyl halides is 5. The van der Waals surface area contributed by atoms with E-state index in [9.17, 15) is 31.5 Å². The van der Waals surface area contributed by atoms with Crippen LogP contribution in [-0.4, -0.2) is 84.4 Å². The van der Waals surface area contributed by atoms with Crippen LogP contribution in [0.4, 0.5) is 22.0 Å². The molecule has 2 saturated heterocycles. The molecule has 0 unspecified atom stereocenters. The zero-order valence-electron chi connectivity index (χ0n) is 26.5. The Bertz CT molecular complexity index is 1610. The van der Waals surface area contributed by atoms with Crippen molar-refractivity contribution in [3.05, 3.63) is 41.2 Å². The summed E-state index contributed by atoms with van der Waals surface area (Å²) in [6.07, 6.45) is 1.32. The van der Waals surface area contributed by atoms with Gasteiger partial charge in [-0.15, -0.1) is 0 Å². The molecule has 47 heavy (non-hydrogen) atoms. The fourth-order valence-electron chi connectivity index (χ4n) is 7.10. The summed E-state index contributed by atoms with van der Waals surface area (Å²) in [5.41, 5.74) is 1.16. The van der Waals surface area contributed by atoms with E-state index in [0.717, 1.165) is 25.7 Å². The van der Waals surface area contributed by atoms with Crippen molar-refractivity contribution in [2.24, 2.45) is 17.8 Å². The number of likely N-dealkylation sites (tertiary alicyclic amines) is 1. The zero-order valence-corrected chi connectivity index (χ0v) is 26.5. The van der Waals surface area contributed by atoms with Crippen LogP contribution in [0.2, 0.25) is 0 Å². The van der Waals surface area contributed by atoms with Crippen LogP contribution < -0.4 is 10.6 Å². The van der Waals surface area contributed by atoms with E-state index in [2.05, 4.69) is 22.7 Å². The molecule has 16 heteroatoms. The van der Waals surface area contributed by atoms with Gasteiger partial charge in [-0.3, -0.25) is 19.2 Å². The molecule has 3 aromatic heterocycles. The second-order valence-electron chi connectivity index (χ2n) is 13.5. The van der Waals surface area contributed by atoms with Crippen molar-refractivity contribution in [2.45, 2.75) is 89.4 Å². The van der Waals surface area contributed by atoms with E-state index in [4.69, 9.17) is 15.1 Å². The maximum Gasteiger partial charge on any atom is 0.393 e. The van der Waals surface area contributed by atoms with E-state index < -0.39 is 54.8 Å². The van der Waals surface area contributed by atoms with Gasteiger partial charge in [-0.1, -0.05) is 6.92 Å². The second-order valence-corrected chi connectivity index (χ2v) is 13.5. The predicted octanol–water partition coefficient (Wildman–Crippen LogP) is 3.92. The van der Waals surface area contributed by atoms with Crippen molar-refractivity contribution >= 4 is 17.6 Å². The minimum absolute atomic E-state index is 0.00250. The van der Waals surface area contributed by atoms with Crippen LogP contribution in [0.25, 0.3) is 5.78 Å². The van der Waals surface area contributed by atoms with Crippen LogP contribution in [0.15, 0.2) is 18.5 Å². The lowest BCUT2D eigenvalue weighted by molar-refractivity contribution is -0.183. The fourth-order valence-corrected chi connectivity index (χ4v) is 7.10. The van der Waals surface area contributed by atoms with Gasteiger partial charge in [0.15, 0.2) is 0 Å². The quantitative estimate of drug-likeness (QED) is 0.333. The van der Waals surface area contributed by atoms with E-state index in [1.54, 1.807) is 23.1 Å². The van der Waals surface area contributed by atoms with Gasteiger partial charge in [-0.25, -0.2) is 23.3 Å². The molecule has 1 saturated carbocycles. The first-order valence-corrected chi connectivity index (χ1v) is 16.3. The summed E-state index contributed by atoms with van der Waals surface area (Å²) in [5, 5.41) is 14.3. The third-order valence-electron chi connectivity index (χ3n) is 10.1. The number of fused-ring (bicyclic) bond motifs is 1. The molecule has 2 amide bonds. The Morgan fingerprint density at radius 2 is 1.91 bits per heavy atom. The minimum Gasteiger partial charge on any atom is -0.355 e. The number of carbonyl (C=O) groups is 2. The summed E-state index contributed by atoms with van der Waals surface area (Å²) in [6, 6.07) is 1.66. The first-order valence-electron chi connectivity index (χ1n) is 16.3. The average Bonchev–Trinajstić information content (AvgIpc) is 3.75. The second kappa shape index (κ2) is 12.7. The molecule has 2 atom stereocenters. The monoisotopic (exact) mass is 665 g/mol. The predicted molar refractivity (Wildman–Crippen MR) is 160 cm³/mol. The van der Waals surface area contributed by atoms with E-state index in [-0.39, 0.29) is 43.3 Å². The summed E-state index contributed by atoms with van der Waals surface area (Å²) in [5.74, 6) is -5.61. The van der Waals surface area contributed by atoms with Crippen LogP contribution in [0.1, 0.15) is 79.9 Å². The molecule has 0 bridgehead atoms. The van der Waals surface area contributed by atoms with Crippen LogP contribution in [0, 0.1) is 17.8 Å². The number of carbonyl (C=O) groups excluding carboxylic acids is 2.